The summed E-state index contributed by atoms with van der Waals surface area (Å²) in [6, 6.07) is 0. The molecule has 0 rings (SSSR count). The fourth-order valence-corrected chi connectivity index (χ4v) is 0.709. The average molecular weight is 155 g/mol. The highest BCUT2D eigenvalue weighted by atomic mass is 32.1. The summed E-state index contributed by atoms with van der Waals surface area (Å²) < 4.78 is 0. The molecule has 0 radical (unpaired) electrons. The first-order valence-electron chi connectivity index (χ1n) is 3.23. The summed E-state index contributed by atoms with van der Waals surface area (Å²) in [5.74, 6) is 0. The Morgan fingerprint density at radius 2 is 2.30 bits per heavy atom. The van der Waals surface area contributed by atoms with E-state index in [9.17, 15) is 0 Å². The highest BCUT2D eigenvalue weighted by Gasteiger charge is 1.79. The van der Waals surface area contributed by atoms with Crippen LogP contribution in [-0.4, -0.2) is 6.54 Å². The van der Waals surface area contributed by atoms with Crippen molar-refractivity contribution in [2.45, 2.75) is 6.92 Å². The van der Waals surface area contributed by atoms with E-state index >= 15 is 0 Å². The van der Waals surface area contributed by atoms with Crippen LogP contribution in [0, 0.1) is 0 Å². The number of nitrogens with one attached hydrogen (secondary N) is 1. The van der Waals surface area contributed by atoms with Gasteiger partial charge >= 0.3 is 0 Å². The Kier molecular flexibility index (Phi) is 6.08. The molecule has 56 valence electrons. The molecule has 1 nitrogen and oxygen atoms in total. The highest BCUT2D eigenvalue weighted by Crippen LogP contribution is 1.93. The van der Waals surface area contributed by atoms with E-state index in [4.69, 9.17) is 0 Å². The van der Waals surface area contributed by atoms with Gasteiger partial charge in [-0.1, -0.05) is 24.8 Å². The van der Waals surface area contributed by atoms with Crippen LogP contribution in [0.2, 0.25) is 0 Å². The molecule has 0 fully saturated rings. The van der Waals surface area contributed by atoms with Gasteiger partial charge in [-0.3, -0.25) is 0 Å². The Bertz CT molecular complexity index is 147. The van der Waals surface area contributed by atoms with E-state index in [0.717, 1.165) is 11.6 Å². The van der Waals surface area contributed by atoms with Crippen LogP contribution in [-0.2, 0) is 0 Å². The summed E-state index contributed by atoms with van der Waals surface area (Å²) in [6.45, 7) is 6.47. The van der Waals surface area contributed by atoms with Gasteiger partial charge in [0.15, 0.2) is 0 Å². The largest absolute Gasteiger partial charge is 0.380 e. The second kappa shape index (κ2) is 6.49. The third-order valence-corrected chi connectivity index (χ3v) is 1.17. The predicted molar refractivity (Wildman–Crippen MR) is 50.1 cm³/mol. The van der Waals surface area contributed by atoms with Gasteiger partial charge in [0.1, 0.15) is 0 Å². The quantitative estimate of drug-likeness (QED) is 0.468. The first kappa shape index (κ1) is 9.37. The highest BCUT2D eigenvalue weighted by molar-refractivity contribution is 7.84. The second-order valence-corrected chi connectivity index (χ2v) is 2.18. The first-order valence-corrected chi connectivity index (χ1v) is 3.68. The molecule has 0 aromatic rings. The molecule has 0 saturated carbocycles. The van der Waals surface area contributed by atoms with E-state index in [1.54, 1.807) is 6.08 Å². The summed E-state index contributed by atoms with van der Waals surface area (Å²) in [5.41, 5.74) is 0. The van der Waals surface area contributed by atoms with Crippen molar-refractivity contribution in [3.63, 3.8) is 0 Å². The van der Waals surface area contributed by atoms with Gasteiger partial charge in [0.25, 0.3) is 0 Å². The number of hydrogen-bond acceptors (Lipinski definition) is 2. The van der Waals surface area contributed by atoms with Crippen molar-refractivity contribution in [1.82, 2.24) is 5.32 Å². The van der Waals surface area contributed by atoms with Gasteiger partial charge in [-0.05, 0) is 13.0 Å². The lowest BCUT2D eigenvalue weighted by molar-refractivity contribution is 0.906. The Morgan fingerprint density at radius 1 is 1.60 bits per heavy atom. The fraction of sp³-hybridized carbons (Fsp3) is 0.250. The van der Waals surface area contributed by atoms with Crippen LogP contribution < -0.4 is 5.32 Å². The average Bonchev–Trinajstić information content (AvgIpc) is 1.89. The molecule has 0 aliphatic heterocycles. The lowest BCUT2D eigenvalue weighted by Gasteiger charge is -1.97. The molecule has 0 atom stereocenters. The van der Waals surface area contributed by atoms with Crippen LogP contribution in [0.4, 0.5) is 0 Å². The van der Waals surface area contributed by atoms with Gasteiger partial charge in [0.05, 0.1) is 5.03 Å². The third-order valence-electron chi connectivity index (χ3n) is 0.859. The summed E-state index contributed by atoms with van der Waals surface area (Å²) in [4.78, 5) is 0. The summed E-state index contributed by atoms with van der Waals surface area (Å²) in [6.07, 6.45) is 7.35. The molecule has 2 heteroatoms. The molecule has 0 heterocycles. The number of allylic oxidation sites excluding steroid dienone is 4. The zero-order valence-electron chi connectivity index (χ0n) is 6.17. The lowest BCUT2D eigenvalue weighted by Crippen LogP contribution is -2.06. The molecule has 10 heavy (non-hydrogen) atoms. The Labute approximate surface area is 67.9 Å². The summed E-state index contributed by atoms with van der Waals surface area (Å²) in [5, 5.41) is 3.92. The molecule has 0 aliphatic rings. The molecule has 0 aromatic heterocycles. The van der Waals surface area contributed by atoms with Crippen LogP contribution >= 0.6 is 12.6 Å². The first-order chi connectivity index (χ1) is 4.81. The maximum absolute atomic E-state index is 4.15. The van der Waals surface area contributed by atoms with Crippen molar-refractivity contribution >= 4 is 12.6 Å². The van der Waals surface area contributed by atoms with Crippen LogP contribution in [0.15, 0.2) is 35.9 Å². The lowest BCUT2D eigenvalue weighted by atomic mass is 10.5. The van der Waals surface area contributed by atoms with Crippen LogP contribution in [0.1, 0.15) is 6.92 Å². The molecule has 0 spiro atoms. The van der Waals surface area contributed by atoms with Crippen molar-refractivity contribution in [3.8, 4) is 0 Å². The van der Waals surface area contributed by atoms with Crippen molar-refractivity contribution in [1.29, 1.82) is 0 Å². The summed E-state index contributed by atoms with van der Waals surface area (Å²) >= 11 is 4.15. The molecular weight excluding hydrogens is 142 g/mol. The van der Waals surface area contributed by atoms with E-state index in [1.165, 1.54) is 0 Å². The zero-order valence-corrected chi connectivity index (χ0v) is 7.07. The molecule has 0 aromatic carbocycles. The van der Waals surface area contributed by atoms with Crippen molar-refractivity contribution in [2.75, 3.05) is 6.54 Å². The zero-order chi connectivity index (χ0) is 7.82. The minimum absolute atomic E-state index is 0.876. The van der Waals surface area contributed by atoms with E-state index < -0.39 is 0 Å². The fourth-order valence-electron chi connectivity index (χ4n) is 0.465. The molecule has 0 saturated heterocycles. The van der Waals surface area contributed by atoms with Crippen LogP contribution in [0.25, 0.3) is 0 Å². The minimum atomic E-state index is 0.876. The van der Waals surface area contributed by atoms with Gasteiger partial charge < -0.3 is 5.32 Å². The Hall–Kier alpha value is -0.630. The SMILES string of the molecule is C=C/C=C/C=C(\S)NCC. The van der Waals surface area contributed by atoms with Gasteiger partial charge in [-0.2, -0.15) is 0 Å². The van der Waals surface area contributed by atoms with Gasteiger partial charge in [-0.15, -0.1) is 12.6 Å². The standard InChI is InChI=1S/C8H13NS/c1-3-5-6-7-8(10)9-4-2/h3,5-7,9-10H,1,4H2,2H3/b6-5+,8-7-. The topological polar surface area (TPSA) is 12.0 Å². The Morgan fingerprint density at radius 3 is 2.80 bits per heavy atom. The maximum atomic E-state index is 4.15. The Balaban J connectivity index is 3.67. The molecule has 0 aliphatic carbocycles. The van der Waals surface area contributed by atoms with E-state index in [-0.39, 0.29) is 0 Å². The monoisotopic (exact) mass is 155 g/mol. The molecule has 0 bridgehead atoms. The molecular formula is C8H13NS. The van der Waals surface area contributed by atoms with Crippen LogP contribution in [0.5, 0.6) is 0 Å². The van der Waals surface area contributed by atoms with E-state index in [0.29, 0.717) is 0 Å². The minimum Gasteiger partial charge on any atom is -0.380 e. The number of rotatable bonds is 4. The molecule has 0 amide bonds. The van der Waals surface area contributed by atoms with Crippen molar-refractivity contribution in [2.24, 2.45) is 0 Å². The van der Waals surface area contributed by atoms with E-state index in [1.807, 2.05) is 25.2 Å². The molecule has 0 unspecified atom stereocenters. The normalized spacial score (nSPS) is 12.0. The van der Waals surface area contributed by atoms with Crippen molar-refractivity contribution < 1.29 is 0 Å². The number of thiol groups is 1. The maximum Gasteiger partial charge on any atom is 0.0650 e. The summed E-state index contributed by atoms with van der Waals surface area (Å²) in [7, 11) is 0. The van der Waals surface area contributed by atoms with Crippen molar-refractivity contribution in [3.05, 3.63) is 35.9 Å². The van der Waals surface area contributed by atoms with E-state index in [2.05, 4.69) is 24.5 Å². The second-order valence-electron chi connectivity index (χ2n) is 1.70. The molecule has 1 N–H and O–H groups in total. The third kappa shape index (κ3) is 5.51. The van der Waals surface area contributed by atoms with Gasteiger partial charge in [0, 0.05) is 6.54 Å². The van der Waals surface area contributed by atoms with Gasteiger partial charge in [0.2, 0.25) is 0 Å². The predicted octanol–water partition coefficient (Wildman–Crippen LogP) is 2.11. The van der Waals surface area contributed by atoms with Gasteiger partial charge in [-0.25, -0.2) is 0 Å². The smallest absolute Gasteiger partial charge is 0.0650 e. The van der Waals surface area contributed by atoms with Crippen LogP contribution in [0.3, 0.4) is 0 Å². The number of hydrogen-bond donors (Lipinski definition) is 2.